The zero-order valence-electron chi connectivity index (χ0n) is 10.9. The molecule has 3 heteroatoms. The van der Waals surface area contributed by atoms with Crippen LogP contribution in [0.3, 0.4) is 0 Å². The molecule has 0 aliphatic carbocycles. The van der Waals surface area contributed by atoms with Crippen LogP contribution >= 0.6 is 0 Å². The van der Waals surface area contributed by atoms with Gasteiger partial charge in [-0.05, 0) is 12.3 Å². The molecule has 0 amide bonds. The molecule has 1 N–H and O–H groups in total. The second kappa shape index (κ2) is 5.13. The quantitative estimate of drug-likeness (QED) is 0.845. The molecule has 1 nitrogen and oxygen atoms in total. The van der Waals surface area contributed by atoms with Crippen molar-refractivity contribution >= 4 is 0 Å². The zero-order chi connectivity index (χ0) is 13.1. The van der Waals surface area contributed by atoms with E-state index in [2.05, 4.69) is 5.32 Å². The van der Waals surface area contributed by atoms with Gasteiger partial charge in [-0.25, -0.2) is 0 Å². The molecule has 0 heterocycles. The molecule has 0 spiro atoms. The molecule has 1 rings (SSSR count). The zero-order valence-corrected chi connectivity index (χ0v) is 10.9. The summed E-state index contributed by atoms with van der Waals surface area (Å²) in [6.07, 6.45) is 0. The lowest BCUT2D eigenvalue weighted by Crippen LogP contribution is -2.42. The van der Waals surface area contributed by atoms with E-state index in [0.29, 0.717) is 0 Å². The number of hydrogen-bond acceptors (Lipinski definition) is 1. The van der Waals surface area contributed by atoms with Gasteiger partial charge in [-0.15, -0.1) is 0 Å². The summed E-state index contributed by atoms with van der Waals surface area (Å²) in [6.45, 7) is 7.71. The highest BCUT2D eigenvalue weighted by Crippen LogP contribution is 2.28. The first kappa shape index (κ1) is 14.1. The first-order valence-electron chi connectivity index (χ1n) is 5.90. The monoisotopic (exact) mass is 241 g/mol. The number of halogens is 2. The average Bonchev–Trinajstić information content (AvgIpc) is 2.26. The molecule has 0 fully saturated rings. The van der Waals surface area contributed by atoms with Crippen LogP contribution < -0.4 is 5.32 Å². The summed E-state index contributed by atoms with van der Waals surface area (Å²) in [5, 5.41) is 2.91. The number of alkyl halides is 2. The highest BCUT2D eigenvalue weighted by atomic mass is 19.3. The van der Waals surface area contributed by atoms with Crippen molar-refractivity contribution in [2.24, 2.45) is 5.41 Å². The molecular formula is C14H21F2N. The lowest BCUT2D eigenvalue weighted by Gasteiger charge is -2.30. The minimum atomic E-state index is -2.82. The summed E-state index contributed by atoms with van der Waals surface area (Å²) >= 11 is 0. The van der Waals surface area contributed by atoms with E-state index < -0.39 is 5.92 Å². The highest BCUT2D eigenvalue weighted by molar-refractivity contribution is 5.20. The van der Waals surface area contributed by atoms with Gasteiger partial charge in [0.25, 0.3) is 5.92 Å². The van der Waals surface area contributed by atoms with Crippen molar-refractivity contribution in [2.75, 3.05) is 6.54 Å². The number of hydrogen-bond donors (Lipinski definition) is 1. The van der Waals surface area contributed by atoms with Gasteiger partial charge in [0.1, 0.15) is 0 Å². The third-order valence-electron chi connectivity index (χ3n) is 3.13. The smallest absolute Gasteiger partial charge is 0.285 e. The normalized spacial score (nSPS) is 14.7. The molecule has 1 aromatic carbocycles. The fourth-order valence-corrected chi connectivity index (χ4v) is 1.37. The van der Waals surface area contributed by atoms with Crippen LogP contribution in [0.2, 0.25) is 0 Å². The van der Waals surface area contributed by atoms with Crippen molar-refractivity contribution in [2.45, 2.75) is 39.7 Å². The molecule has 0 aromatic heterocycles. The van der Waals surface area contributed by atoms with E-state index in [1.54, 1.807) is 18.2 Å². The summed E-state index contributed by atoms with van der Waals surface area (Å²) in [7, 11) is 0. The van der Waals surface area contributed by atoms with Crippen molar-refractivity contribution in [1.82, 2.24) is 5.32 Å². The van der Waals surface area contributed by atoms with Crippen molar-refractivity contribution < 1.29 is 8.78 Å². The topological polar surface area (TPSA) is 12.0 Å². The lowest BCUT2D eigenvalue weighted by molar-refractivity contribution is -0.00851. The fraction of sp³-hybridized carbons (Fsp3) is 0.571. The van der Waals surface area contributed by atoms with Crippen LogP contribution in [0.4, 0.5) is 8.78 Å². The summed E-state index contributed by atoms with van der Waals surface area (Å²) in [6, 6.07) is 7.97. The van der Waals surface area contributed by atoms with Crippen molar-refractivity contribution in [3.05, 3.63) is 35.9 Å². The summed E-state index contributed by atoms with van der Waals surface area (Å²) in [4.78, 5) is 0. The third-order valence-corrected chi connectivity index (χ3v) is 3.13. The Bertz CT molecular complexity index is 341. The Hall–Kier alpha value is -0.960. The maximum Gasteiger partial charge on any atom is 0.285 e. The Morgan fingerprint density at radius 3 is 2.12 bits per heavy atom. The van der Waals surface area contributed by atoms with E-state index in [9.17, 15) is 8.78 Å². The molecule has 0 saturated carbocycles. The molecule has 96 valence electrons. The van der Waals surface area contributed by atoms with Crippen LogP contribution in [0.25, 0.3) is 0 Å². The SMILES string of the molecule is CC(NCC(F)(F)c1ccccc1)C(C)(C)C. The van der Waals surface area contributed by atoms with E-state index in [4.69, 9.17) is 0 Å². The molecule has 1 unspecified atom stereocenters. The largest absolute Gasteiger partial charge is 0.308 e. The Labute approximate surface area is 102 Å². The Morgan fingerprint density at radius 2 is 1.65 bits per heavy atom. The number of rotatable bonds is 4. The first-order valence-corrected chi connectivity index (χ1v) is 5.90. The lowest BCUT2D eigenvalue weighted by atomic mass is 9.88. The van der Waals surface area contributed by atoms with Gasteiger partial charge in [0.2, 0.25) is 0 Å². The van der Waals surface area contributed by atoms with Crippen LogP contribution in [0.5, 0.6) is 0 Å². The van der Waals surface area contributed by atoms with E-state index in [1.165, 1.54) is 12.1 Å². The maximum absolute atomic E-state index is 13.8. The average molecular weight is 241 g/mol. The Morgan fingerprint density at radius 1 is 1.12 bits per heavy atom. The van der Waals surface area contributed by atoms with Gasteiger partial charge in [-0.3, -0.25) is 0 Å². The fourth-order valence-electron chi connectivity index (χ4n) is 1.37. The molecule has 0 aliphatic heterocycles. The van der Waals surface area contributed by atoms with Gasteiger partial charge < -0.3 is 5.32 Å². The van der Waals surface area contributed by atoms with Crippen LogP contribution in [0.15, 0.2) is 30.3 Å². The van der Waals surface area contributed by atoms with Crippen molar-refractivity contribution in [3.63, 3.8) is 0 Å². The minimum Gasteiger partial charge on any atom is -0.308 e. The summed E-state index contributed by atoms with van der Waals surface area (Å²) < 4.78 is 27.7. The third kappa shape index (κ3) is 4.08. The first-order chi connectivity index (χ1) is 7.73. The summed E-state index contributed by atoms with van der Waals surface area (Å²) in [5.74, 6) is -2.82. The molecule has 1 aromatic rings. The Kier molecular flexibility index (Phi) is 4.26. The van der Waals surface area contributed by atoms with Gasteiger partial charge in [0, 0.05) is 11.6 Å². The van der Waals surface area contributed by atoms with Crippen LogP contribution in [0, 0.1) is 5.41 Å². The van der Waals surface area contributed by atoms with E-state index in [-0.39, 0.29) is 23.6 Å². The van der Waals surface area contributed by atoms with Crippen LogP contribution in [-0.2, 0) is 5.92 Å². The Balaban J connectivity index is 2.63. The molecule has 0 bridgehead atoms. The molecular weight excluding hydrogens is 220 g/mol. The van der Waals surface area contributed by atoms with Crippen molar-refractivity contribution in [3.8, 4) is 0 Å². The second-order valence-electron chi connectivity index (χ2n) is 5.54. The highest BCUT2D eigenvalue weighted by Gasteiger charge is 2.32. The molecule has 17 heavy (non-hydrogen) atoms. The van der Waals surface area contributed by atoms with Gasteiger partial charge in [-0.2, -0.15) is 8.78 Å². The van der Waals surface area contributed by atoms with Gasteiger partial charge in [0.05, 0.1) is 6.54 Å². The molecule has 0 saturated heterocycles. The van der Waals surface area contributed by atoms with Crippen LogP contribution in [0.1, 0.15) is 33.3 Å². The standard InChI is InChI=1S/C14H21F2N/c1-11(13(2,3)4)17-10-14(15,16)12-8-6-5-7-9-12/h5-9,11,17H,10H2,1-4H3. The van der Waals surface area contributed by atoms with Gasteiger partial charge >= 0.3 is 0 Å². The molecule has 1 atom stereocenters. The van der Waals surface area contributed by atoms with E-state index >= 15 is 0 Å². The maximum atomic E-state index is 13.8. The molecule has 0 radical (unpaired) electrons. The minimum absolute atomic E-state index is 0.0211. The predicted octanol–water partition coefficient (Wildman–Crippen LogP) is 3.80. The molecule has 0 aliphatic rings. The van der Waals surface area contributed by atoms with Crippen molar-refractivity contribution in [1.29, 1.82) is 0 Å². The van der Waals surface area contributed by atoms with E-state index in [0.717, 1.165) is 0 Å². The van der Waals surface area contributed by atoms with Gasteiger partial charge in [0.15, 0.2) is 0 Å². The number of nitrogens with one attached hydrogen (secondary N) is 1. The van der Waals surface area contributed by atoms with Gasteiger partial charge in [-0.1, -0.05) is 51.1 Å². The summed E-state index contributed by atoms with van der Waals surface area (Å²) in [5.41, 5.74) is 0.0425. The second-order valence-corrected chi connectivity index (χ2v) is 5.54. The number of benzene rings is 1. The van der Waals surface area contributed by atoms with Crippen LogP contribution in [-0.4, -0.2) is 12.6 Å². The van der Waals surface area contributed by atoms with E-state index in [1.807, 2.05) is 27.7 Å². The predicted molar refractivity (Wildman–Crippen MR) is 67.3 cm³/mol.